The van der Waals surface area contributed by atoms with Gasteiger partial charge in [-0.3, -0.25) is 0 Å². The van der Waals surface area contributed by atoms with Crippen molar-refractivity contribution in [1.82, 2.24) is 4.98 Å². The maximum atomic E-state index is 12.5. The van der Waals surface area contributed by atoms with Crippen LogP contribution < -0.4 is 10.9 Å². The van der Waals surface area contributed by atoms with Gasteiger partial charge in [0.25, 0.3) is 0 Å². The van der Waals surface area contributed by atoms with Crippen LogP contribution in [0.25, 0.3) is 22.2 Å². The van der Waals surface area contributed by atoms with E-state index in [4.69, 9.17) is 20.8 Å². The Bertz CT molecular complexity index is 1160. The molecule has 4 rings (SSSR count). The Labute approximate surface area is 177 Å². The number of rotatable bonds is 5. The number of allylic oxidation sites excluding steroid dienone is 2. The average molecular weight is 429 g/mol. The highest BCUT2D eigenvalue weighted by Gasteiger charge is 2.25. The molecule has 2 aromatic heterocycles. The van der Waals surface area contributed by atoms with Crippen LogP contribution >= 0.6 is 22.9 Å². The van der Waals surface area contributed by atoms with Gasteiger partial charge in [-0.05, 0) is 32.1 Å². The third-order valence-electron chi connectivity index (χ3n) is 4.65. The molecular formula is C22H21ClN2O3S. The van der Waals surface area contributed by atoms with Gasteiger partial charge in [0, 0.05) is 16.7 Å². The lowest BCUT2D eigenvalue weighted by molar-refractivity contribution is 0.130. The summed E-state index contributed by atoms with van der Waals surface area (Å²) in [6, 6.07) is 7.12. The topological polar surface area (TPSA) is 64.4 Å². The Kier molecular flexibility index (Phi) is 5.48. The number of thiazole rings is 1. The fourth-order valence-electron chi connectivity index (χ4n) is 3.27. The highest BCUT2D eigenvalue weighted by molar-refractivity contribution is 7.14. The molecule has 0 radical (unpaired) electrons. The van der Waals surface area contributed by atoms with Crippen LogP contribution in [0.2, 0.25) is 5.02 Å². The largest absolute Gasteiger partial charge is 0.493 e. The average Bonchev–Trinajstić information content (AvgIpc) is 3.13. The second kappa shape index (κ2) is 8.05. The molecule has 7 heteroatoms. The van der Waals surface area contributed by atoms with Crippen molar-refractivity contribution < 1.29 is 9.15 Å². The summed E-state index contributed by atoms with van der Waals surface area (Å²) in [4.78, 5) is 17.1. The molecule has 29 heavy (non-hydrogen) atoms. The van der Waals surface area contributed by atoms with E-state index in [2.05, 4.69) is 23.3 Å². The molecule has 1 aliphatic carbocycles. The number of aromatic nitrogens is 1. The number of ether oxygens (including phenoxy) is 1. The number of halogens is 1. The fourth-order valence-corrected chi connectivity index (χ4v) is 4.24. The molecule has 1 aliphatic rings. The maximum absolute atomic E-state index is 12.5. The first kappa shape index (κ1) is 19.7. The van der Waals surface area contributed by atoms with Gasteiger partial charge in [-0.25, -0.2) is 9.78 Å². The minimum absolute atomic E-state index is 0.0202. The van der Waals surface area contributed by atoms with Gasteiger partial charge in [0.2, 0.25) is 0 Å². The summed E-state index contributed by atoms with van der Waals surface area (Å²) >= 11 is 7.57. The van der Waals surface area contributed by atoms with Crippen LogP contribution in [-0.4, -0.2) is 17.1 Å². The number of benzene rings is 1. The third kappa shape index (κ3) is 4.09. The molecule has 0 saturated heterocycles. The van der Waals surface area contributed by atoms with Crippen LogP contribution in [0.3, 0.4) is 0 Å². The van der Waals surface area contributed by atoms with E-state index >= 15 is 0 Å². The zero-order valence-electron chi connectivity index (χ0n) is 16.3. The number of hydrogen-bond acceptors (Lipinski definition) is 6. The van der Waals surface area contributed by atoms with Crippen molar-refractivity contribution in [2.24, 2.45) is 5.92 Å². The first-order valence-corrected chi connectivity index (χ1v) is 10.7. The Hall–Kier alpha value is -2.57. The Morgan fingerprint density at radius 3 is 2.97 bits per heavy atom. The van der Waals surface area contributed by atoms with Gasteiger partial charge >= 0.3 is 5.63 Å². The predicted octanol–water partition coefficient (Wildman–Crippen LogP) is 5.87. The van der Waals surface area contributed by atoms with Crippen molar-refractivity contribution in [3.8, 4) is 11.3 Å². The summed E-state index contributed by atoms with van der Waals surface area (Å²) in [5.41, 5.74) is 0.914. The first-order chi connectivity index (χ1) is 13.9. The molecule has 0 spiro atoms. The van der Waals surface area contributed by atoms with E-state index in [0.29, 0.717) is 21.9 Å². The van der Waals surface area contributed by atoms with Crippen molar-refractivity contribution in [1.29, 1.82) is 0 Å². The number of fused-ring (bicyclic) bond motifs is 1. The lowest BCUT2D eigenvalue weighted by Gasteiger charge is -2.29. The number of hydrogen-bond donors (Lipinski definition) is 1. The minimum Gasteiger partial charge on any atom is -0.493 e. The SMILES string of the molecule is CC(C)OC1=CC=CC(C)C1Nc1nc(-c2cc3cccc(Cl)c3oc2=O)cs1. The van der Waals surface area contributed by atoms with Gasteiger partial charge in [-0.2, -0.15) is 0 Å². The van der Waals surface area contributed by atoms with Crippen molar-refractivity contribution in [3.63, 3.8) is 0 Å². The number of nitrogens with one attached hydrogen (secondary N) is 1. The van der Waals surface area contributed by atoms with Crippen LogP contribution in [0.1, 0.15) is 20.8 Å². The first-order valence-electron chi connectivity index (χ1n) is 9.42. The summed E-state index contributed by atoms with van der Waals surface area (Å²) in [7, 11) is 0. The number of para-hydroxylation sites is 1. The normalized spacial score (nSPS) is 18.9. The number of anilines is 1. The van der Waals surface area contributed by atoms with Gasteiger partial charge in [0.05, 0.1) is 28.4 Å². The highest BCUT2D eigenvalue weighted by Crippen LogP contribution is 2.30. The molecule has 0 saturated carbocycles. The zero-order chi connectivity index (χ0) is 20.5. The molecule has 0 fully saturated rings. The van der Waals surface area contributed by atoms with Crippen LogP contribution in [0, 0.1) is 5.92 Å². The Balaban J connectivity index is 1.63. The summed E-state index contributed by atoms with van der Waals surface area (Å²) < 4.78 is 11.4. The lowest BCUT2D eigenvalue weighted by atomic mass is 9.95. The molecular weight excluding hydrogens is 408 g/mol. The molecule has 0 amide bonds. The predicted molar refractivity (Wildman–Crippen MR) is 119 cm³/mol. The molecule has 0 bridgehead atoms. The highest BCUT2D eigenvalue weighted by atomic mass is 35.5. The van der Waals surface area contributed by atoms with Crippen molar-refractivity contribution in [2.75, 3.05) is 5.32 Å². The monoisotopic (exact) mass is 428 g/mol. The number of nitrogens with zero attached hydrogens (tertiary/aromatic N) is 1. The van der Waals surface area contributed by atoms with E-state index < -0.39 is 5.63 Å². The van der Waals surface area contributed by atoms with Gasteiger partial charge < -0.3 is 14.5 Å². The van der Waals surface area contributed by atoms with E-state index in [9.17, 15) is 4.79 Å². The van der Waals surface area contributed by atoms with E-state index in [1.165, 1.54) is 11.3 Å². The van der Waals surface area contributed by atoms with E-state index in [-0.39, 0.29) is 18.1 Å². The molecule has 3 aromatic rings. The summed E-state index contributed by atoms with van der Waals surface area (Å²) in [5, 5.41) is 7.19. The Morgan fingerprint density at radius 1 is 1.34 bits per heavy atom. The van der Waals surface area contributed by atoms with Gasteiger partial charge in [0.1, 0.15) is 5.76 Å². The summed E-state index contributed by atoms with van der Waals surface area (Å²) in [5.74, 6) is 1.13. The molecule has 2 heterocycles. The maximum Gasteiger partial charge on any atom is 0.345 e. The van der Waals surface area contributed by atoms with Crippen LogP contribution in [-0.2, 0) is 4.74 Å². The molecule has 150 valence electrons. The Morgan fingerprint density at radius 2 is 2.17 bits per heavy atom. The van der Waals surface area contributed by atoms with E-state index in [0.717, 1.165) is 16.3 Å². The second-order valence-corrected chi connectivity index (χ2v) is 8.51. The molecule has 0 aliphatic heterocycles. The molecule has 1 N–H and O–H groups in total. The molecule has 2 unspecified atom stereocenters. The zero-order valence-corrected chi connectivity index (χ0v) is 17.9. The standard InChI is InChI=1S/C22H21ClN2O3S/c1-12(2)27-18-9-4-6-13(3)19(18)25-22-24-17(11-29-22)15-10-14-7-5-8-16(23)20(14)28-21(15)26/h4-13,19H,1-3H3,(H,24,25). The smallest absolute Gasteiger partial charge is 0.345 e. The molecule has 2 atom stereocenters. The van der Waals surface area contributed by atoms with Crippen molar-refractivity contribution in [3.05, 3.63) is 69.1 Å². The minimum atomic E-state index is -0.458. The van der Waals surface area contributed by atoms with E-state index in [1.54, 1.807) is 12.1 Å². The summed E-state index contributed by atoms with van der Waals surface area (Å²) in [6.45, 7) is 6.14. The molecule has 1 aromatic carbocycles. The van der Waals surface area contributed by atoms with Crippen LogP contribution in [0.4, 0.5) is 5.13 Å². The molecule has 5 nitrogen and oxygen atoms in total. The third-order valence-corrected chi connectivity index (χ3v) is 5.72. The lowest BCUT2D eigenvalue weighted by Crippen LogP contribution is -2.32. The van der Waals surface area contributed by atoms with Crippen LogP contribution in [0.5, 0.6) is 0 Å². The van der Waals surface area contributed by atoms with Crippen molar-refractivity contribution in [2.45, 2.75) is 32.9 Å². The van der Waals surface area contributed by atoms with Crippen LogP contribution in [0.15, 0.2) is 62.8 Å². The van der Waals surface area contributed by atoms with Gasteiger partial charge in [-0.1, -0.05) is 42.8 Å². The summed E-state index contributed by atoms with van der Waals surface area (Å²) in [6.07, 6.45) is 6.21. The van der Waals surface area contributed by atoms with Gasteiger partial charge in [-0.15, -0.1) is 11.3 Å². The van der Waals surface area contributed by atoms with Crippen molar-refractivity contribution >= 4 is 39.0 Å². The fraction of sp³-hybridized carbons (Fsp3) is 0.273. The second-order valence-electron chi connectivity index (χ2n) is 7.25. The quantitative estimate of drug-likeness (QED) is 0.515. The van der Waals surface area contributed by atoms with E-state index in [1.807, 2.05) is 43.5 Å². The van der Waals surface area contributed by atoms with Gasteiger partial charge in [0.15, 0.2) is 10.7 Å².